The van der Waals surface area contributed by atoms with Crippen molar-refractivity contribution in [3.63, 3.8) is 0 Å². The largest absolute Gasteiger partial charge is 0.313 e. The molecule has 0 fully saturated rings. The Balaban J connectivity index is 3.02. The number of hydrogen-bond donors (Lipinski definition) is 0. The summed E-state index contributed by atoms with van der Waals surface area (Å²) in [4.78, 5) is 13.8. The van der Waals surface area contributed by atoms with Gasteiger partial charge in [-0.1, -0.05) is 26.8 Å². The van der Waals surface area contributed by atoms with Gasteiger partial charge in [0, 0.05) is 11.7 Å². The summed E-state index contributed by atoms with van der Waals surface area (Å²) in [6.45, 7) is 10.8. The molecule has 0 aromatic heterocycles. The zero-order valence-corrected chi connectivity index (χ0v) is 12.3. The van der Waals surface area contributed by atoms with E-state index in [-0.39, 0.29) is 23.2 Å². The monoisotopic (exact) mass is 257 g/mol. The van der Waals surface area contributed by atoms with Crippen LogP contribution in [0.15, 0.2) is 11.8 Å². The standard InChI is InChI=1S/C14H24ClNO/c1-10(2)16(13(17)9-15)12-6-11(3)7-14(4,5)8-12/h8,10-11H,6-7,9H2,1-5H3. The minimum Gasteiger partial charge on any atom is -0.313 e. The van der Waals surface area contributed by atoms with Crippen LogP contribution in [0.4, 0.5) is 0 Å². The Morgan fingerprint density at radius 2 is 2.18 bits per heavy atom. The molecule has 0 spiro atoms. The lowest BCUT2D eigenvalue weighted by Gasteiger charge is -2.38. The van der Waals surface area contributed by atoms with Crippen LogP contribution < -0.4 is 0 Å². The molecule has 3 heteroatoms. The molecule has 1 rings (SSSR count). The van der Waals surface area contributed by atoms with Crippen molar-refractivity contribution in [1.29, 1.82) is 0 Å². The van der Waals surface area contributed by atoms with E-state index in [0.717, 1.165) is 12.1 Å². The normalized spacial score (nSPS) is 23.5. The zero-order valence-electron chi connectivity index (χ0n) is 11.6. The van der Waals surface area contributed by atoms with E-state index in [4.69, 9.17) is 11.6 Å². The Hall–Kier alpha value is -0.500. The topological polar surface area (TPSA) is 20.3 Å². The molecule has 2 nitrogen and oxygen atoms in total. The molecular weight excluding hydrogens is 234 g/mol. The minimum absolute atomic E-state index is 0.0119. The molecule has 0 saturated carbocycles. The summed E-state index contributed by atoms with van der Waals surface area (Å²) in [6.07, 6.45) is 4.40. The number of carbonyl (C=O) groups is 1. The summed E-state index contributed by atoms with van der Waals surface area (Å²) in [5.74, 6) is 0.692. The Kier molecular flexibility index (Phi) is 4.65. The van der Waals surface area contributed by atoms with Crippen LogP contribution in [-0.4, -0.2) is 22.7 Å². The number of amides is 1. The molecule has 1 amide bonds. The third-order valence-electron chi connectivity index (χ3n) is 3.20. The zero-order chi connectivity index (χ0) is 13.2. The molecule has 0 aromatic rings. The molecule has 98 valence electrons. The third-order valence-corrected chi connectivity index (χ3v) is 3.43. The van der Waals surface area contributed by atoms with Crippen LogP contribution >= 0.6 is 11.6 Å². The molecule has 0 radical (unpaired) electrons. The van der Waals surface area contributed by atoms with Gasteiger partial charge in [0.05, 0.1) is 0 Å². The first kappa shape index (κ1) is 14.6. The lowest BCUT2D eigenvalue weighted by Crippen LogP contribution is -2.39. The molecular formula is C14H24ClNO. The highest BCUT2D eigenvalue weighted by Crippen LogP contribution is 2.38. The molecule has 0 aliphatic heterocycles. The van der Waals surface area contributed by atoms with E-state index in [0.29, 0.717) is 5.92 Å². The SMILES string of the molecule is CC1CC(N(C(=O)CCl)C(C)C)=CC(C)(C)C1. The lowest BCUT2D eigenvalue weighted by molar-refractivity contribution is -0.128. The molecule has 0 saturated heterocycles. The fourth-order valence-electron chi connectivity index (χ4n) is 2.91. The maximum absolute atomic E-state index is 11.9. The lowest BCUT2D eigenvalue weighted by atomic mass is 9.76. The van der Waals surface area contributed by atoms with Gasteiger partial charge in [-0.3, -0.25) is 4.79 Å². The molecule has 1 atom stereocenters. The van der Waals surface area contributed by atoms with E-state index in [1.807, 2.05) is 18.7 Å². The van der Waals surface area contributed by atoms with Crippen LogP contribution in [0.25, 0.3) is 0 Å². The molecule has 1 unspecified atom stereocenters. The second kappa shape index (κ2) is 5.43. The second-order valence-corrected chi connectivity index (χ2v) is 6.40. The number of rotatable bonds is 3. The van der Waals surface area contributed by atoms with Crippen molar-refractivity contribution in [3.05, 3.63) is 11.8 Å². The first-order valence-corrected chi connectivity index (χ1v) is 6.90. The van der Waals surface area contributed by atoms with Gasteiger partial charge in [-0.2, -0.15) is 0 Å². The molecule has 1 aliphatic carbocycles. The van der Waals surface area contributed by atoms with Crippen LogP contribution in [0.2, 0.25) is 0 Å². The summed E-state index contributed by atoms with van der Waals surface area (Å²) < 4.78 is 0. The molecule has 1 aliphatic rings. The van der Waals surface area contributed by atoms with Crippen molar-refractivity contribution in [2.24, 2.45) is 11.3 Å². The highest BCUT2D eigenvalue weighted by Gasteiger charge is 2.30. The smallest absolute Gasteiger partial charge is 0.241 e. The highest BCUT2D eigenvalue weighted by molar-refractivity contribution is 6.27. The fourth-order valence-corrected chi connectivity index (χ4v) is 3.04. The van der Waals surface area contributed by atoms with E-state index in [2.05, 4.69) is 26.8 Å². The quantitative estimate of drug-likeness (QED) is 0.705. The summed E-state index contributed by atoms with van der Waals surface area (Å²) in [7, 11) is 0. The van der Waals surface area contributed by atoms with Crippen molar-refractivity contribution in [2.75, 3.05) is 5.88 Å². The van der Waals surface area contributed by atoms with E-state index in [9.17, 15) is 4.79 Å². The third kappa shape index (κ3) is 3.74. The molecule has 0 aromatic carbocycles. The van der Waals surface area contributed by atoms with Crippen LogP contribution in [0, 0.1) is 11.3 Å². The first-order chi connectivity index (χ1) is 7.76. The summed E-state index contributed by atoms with van der Waals surface area (Å²) >= 11 is 5.70. The van der Waals surface area contributed by atoms with Gasteiger partial charge in [-0.25, -0.2) is 0 Å². The number of hydrogen-bond acceptors (Lipinski definition) is 1. The van der Waals surface area contributed by atoms with Crippen LogP contribution in [0.5, 0.6) is 0 Å². The van der Waals surface area contributed by atoms with Crippen LogP contribution in [0.3, 0.4) is 0 Å². The van der Waals surface area contributed by atoms with Gasteiger partial charge in [0.25, 0.3) is 0 Å². The van der Waals surface area contributed by atoms with Gasteiger partial charge in [0.15, 0.2) is 0 Å². The average Bonchev–Trinajstić information content (AvgIpc) is 2.13. The number of carbonyl (C=O) groups excluding carboxylic acids is 1. The number of halogens is 1. The second-order valence-electron chi connectivity index (χ2n) is 6.13. The van der Waals surface area contributed by atoms with Gasteiger partial charge in [0.1, 0.15) is 5.88 Å². The summed E-state index contributed by atoms with van der Waals surface area (Å²) in [6, 6.07) is 0.175. The van der Waals surface area contributed by atoms with Gasteiger partial charge < -0.3 is 4.90 Å². The Bertz CT molecular complexity index is 320. The molecule has 0 heterocycles. The van der Waals surface area contributed by atoms with Crippen LogP contribution in [0.1, 0.15) is 47.5 Å². The summed E-state index contributed by atoms with van der Waals surface area (Å²) in [5.41, 5.74) is 1.32. The fraction of sp³-hybridized carbons (Fsp3) is 0.786. The van der Waals surface area contributed by atoms with Crippen LogP contribution in [-0.2, 0) is 4.79 Å². The molecule has 17 heavy (non-hydrogen) atoms. The number of allylic oxidation sites excluding steroid dienone is 2. The van der Waals surface area contributed by atoms with E-state index in [1.54, 1.807) is 0 Å². The van der Waals surface area contributed by atoms with E-state index >= 15 is 0 Å². The van der Waals surface area contributed by atoms with E-state index in [1.165, 1.54) is 6.42 Å². The molecule has 0 bridgehead atoms. The minimum atomic E-state index is 0.0119. The Morgan fingerprint density at radius 3 is 2.59 bits per heavy atom. The maximum atomic E-state index is 11.9. The number of alkyl halides is 1. The van der Waals surface area contributed by atoms with Gasteiger partial charge in [0.2, 0.25) is 5.91 Å². The molecule has 0 N–H and O–H groups in total. The first-order valence-electron chi connectivity index (χ1n) is 6.36. The van der Waals surface area contributed by atoms with Gasteiger partial charge >= 0.3 is 0 Å². The van der Waals surface area contributed by atoms with Crippen molar-refractivity contribution in [1.82, 2.24) is 4.90 Å². The Morgan fingerprint density at radius 1 is 1.59 bits per heavy atom. The van der Waals surface area contributed by atoms with Gasteiger partial charge in [-0.05, 0) is 38.0 Å². The highest BCUT2D eigenvalue weighted by atomic mass is 35.5. The predicted octanol–water partition coefficient (Wildman–Crippen LogP) is 3.80. The van der Waals surface area contributed by atoms with Crippen molar-refractivity contribution >= 4 is 17.5 Å². The van der Waals surface area contributed by atoms with Crippen molar-refractivity contribution in [3.8, 4) is 0 Å². The van der Waals surface area contributed by atoms with E-state index < -0.39 is 0 Å². The number of nitrogens with zero attached hydrogens (tertiary/aromatic N) is 1. The maximum Gasteiger partial charge on any atom is 0.241 e. The van der Waals surface area contributed by atoms with Crippen molar-refractivity contribution in [2.45, 2.75) is 53.5 Å². The average molecular weight is 258 g/mol. The Labute approximate surface area is 110 Å². The predicted molar refractivity (Wildman–Crippen MR) is 73.0 cm³/mol. The van der Waals surface area contributed by atoms with Gasteiger partial charge in [-0.15, -0.1) is 11.6 Å². The summed E-state index contributed by atoms with van der Waals surface area (Å²) in [5, 5.41) is 0. The van der Waals surface area contributed by atoms with Crippen molar-refractivity contribution < 1.29 is 4.79 Å².